The molecule has 1 aromatic carbocycles. The predicted molar refractivity (Wildman–Crippen MR) is 92.6 cm³/mol. The van der Waals surface area contributed by atoms with Gasteiger partial charge in [0.1, 0.15) is 0 Å². The molecular formula is C11H24B6. The molecule has 0 fully saturated rings. The van der Waals surface area contributed by atoms with Gasteiger partial charge in [-0.15, -0.1) is 0 Å². The molecule has 0 heterocycles. The van der Waals surface area contributed by atoms with Gasteiger partial charge in [-0.2, -0.15) is 0 Å². The highest BCUT2D eigenvalue weighted by molar-refractivity contribution is 7.17. The Hall–Kier alpha value is -0.390. The van der Waals surface area contributed by atoms with Crippen molar-refractivity contribution in [2.45, 2.75) is 36.6 Å². The molecule has 0 bridgehead atoms. The van der Waals surface area contributed by atoms with Crippen molar-refractivity contribution in [2.75, 3.05) is 0 Å². The van der Waals surface area contributed by atoms with Gasteiger partial charge in [-0.05, 0) is 6.92 Å². The second kappa shape index (κ2) is 44.9. The first-order chi connectivity index (χ1) is 5.81. The first-order valence-electron chi connectivity index (χ1n) is 3.41. The van der Waals surface area contributed by atoms with Crippen LogP contribution in [-0.2, 0) is 0 Å². The molecule has 1 rings (SSSR count). The molecule has 0 amide bonds. The fraction of sp³-hybridized carbons (Fsp3) is 0.455. The smallest absolute Gasteiger partial charge is 0 e. The van der Waals surface area contributed by atoms with E-state index in [1.54, 1.807) is 0 Å². The van der Waals surface area contributed by atoms with Crippen LogP contribution in [0, 0.1) is 6.92 Å². The second-order valence-corrected chi connectivity index (χ2v) is 1.85. The van der Waals surface area contributed by atoms with E-state index in [9.17, 15) is 0 Å². The van der Waals surface area contributed by atoms with Crippen LogP contribution < -0.4 is 0 Å². The maximum absolute atomic E-state index is 4.50. The molecule has 0 atom stereocenters. The molecule has 0 spiro atoms. The molecule has 1 aromatic rings. The van der Waals surface area contributed by atoms with E-state index in [4.69, 9.17) is 0 Å². The molecule has 0 aliphatic rings. The standard InChI is InChI=1S/C7H8.4CH4.B3.B2.B/c1-7-5-3-2-4-6-7;;;;;1-3-2;1-2;/h2-6H,1H3;4*1H4;;;. The van der Waals surface area contributed by atoms with Crippen molar-refractivity contribution in [3.63, 3.8) is 0 Å². The number of hydrogen-bond donors (Lipinski definition) is 0. The number of hydrogen-bond acceptors (Lipinski definition) is 0. The normalized spacial score (nSPS) is 4.53. The van der Waals surface area contributed by atoms with Crippen LogP contribution in [0.15, 0.2) is 30.3 Å². The van der Waals surface area contributed by atoms with E-state index in [-0.39, 0.29) is 38.1 Å². The van der Waals surface area contributed by atoms with E-state index in [1.807, 2.05) is 18.2 Å². The van der Waals surface area contributed by atoms with Gasteiger partial charge in [0.25, 0.3) is 0 Å². The van der Waals surface area contributed by atoms with Crippen LogP contribution in [0.4, 0.5) is 0 Å². The molecule has 0 aromatic heterocycles. The lowest BCUT2D eigenvalue weighted by Crippen LogP contribution is -1.79. The number of rotatable bonds is 0. The van der Waals surface area contributed by atoms with Crippen molar-refractivity contribution in [2.24, 2.45) is 0 Å². The minimum absolute atomic E-state index is 0. The van der Waals surface area contributed by atoms with E-state index in [1.165, 1.54) is 5.56 Å². The van der Waals surface area contributed by atoms with Crippen LogP contribution in [0.2, 0.25) is 0 Å². The Morgan fingerprint density at radius 2 is 1.06 bits per heavy atom. The second-order valence-electron chi connectivity index (χ2n) is 1.85. The molecule has 0 saturated carbocycles. The third-order valence-electron chi connectivity index (χ3n) is 0.940. The Bertz CT molecular complexity index is 157. The van der Waals surface area contributed by atoms with Gasteiger partial charge in [0.05, 0.1) is 0 Å². The molecule has 0 saturated heterocycles. The zero-order valence-electron chi connectivity index (χ0n) is 7.85. The lowest BCUT2D eigenvalue weighted by atomic mass is 9.40. The fourth-order valence-corrected chi connectivity index (χ4v) is 0.534. The Kier molecular flexibility index (Phi) is 116. The minimum atomic E-state index is 0. The molecule has 0 aliphatic carbocycles. The summed E-state index contributed by atoms with van der Waals surface area (Å²) in [5.41, 5.74) is 1.32. The third-order valence-corrected chi connectivity index (χ3v) is 0.940. The summed E-state index contributed by atoms with van der Waals surface area (Å²) in [4.78, 5) is 0. The van der Waals surface area contributed by atoms with E-state index >= 15 is 0 Å². The van der Waals surface area contributed by atoms with Gasteiger partial charge in [0.2, 0.25) is 0 Å². The van der Waals surface area contributed by atoms with Gasteiger partial charge in [-0.1, -0.05) is 65.6 Å². The summed E-state index contributed by atoms with van der Waals surface area (Å²) in [6, 6.07) is 10.3. The van der Waals surface area contributed by atoms with Crippen molar-refractivity contribution in [3.05, 3.63) is 35.9 Å². The average Bonchev–Trinajstić information content (AvgIpc) is 2.11. The highest BCUT2D eigenvalue weighted by Crippen LogP contribution is 1.92. The third kappa shape index (κ3) is 49.9. The van der Waals surface area contributed by atoms with Crippen LogP contribution in [0.3, 0.4) is 0 Å². The molecule has 17 heavy (non-hydrogen) atoms. The maximum atomic E-state index is 4.50. The minimum Gasteiger partial charge on any atom is -0.0776 e. The van der Waals surface area contributed by atoms with E-state index in [2.05, 4.69) is 50.0 Å². The molecular weight excluding hydrogens is 197 g/mol. The van der Waals surface area contributed by atoms with Crippen molar-refractivity contribution < 1.29 is 0 Å². The quantitative estimate of drug-likeness (QED) is 0.589. The van der Waals surface area contributed by atoms with Gasteiger partial charge in [-0.3, -0.25) is 0 Å². The van der Waals surface area contributed by atoms with Crippen molar-refractivity contribution in [1.82, 2.24) is 0 Å². The van der Waals surface area contributed by atoms with E-state index in [0.29, 0.717) is 0 Å². The van der Waals surface area contributed by atoms with Crippen LogP contribution in [0.5, 0.6) is 0 Å². The first-order valence-corrected chi connectivity index (χ1v) is 3.41. The molecule has 0 N–H and O–H groups in total. The molecule has 0 nitrogen and oxygen atoms in total. The molecule has 6 heteroatoms. The van der Waals surface area contributed by atoms with Crippen LogP contribution >= 0.6 is 0 Å². The summed E-state index contributed by atoms with van der Waals surface area (Å²) < 4.78 is 0. The van der Waals surface area contributed by atoms with Gasteiger partial charge >= 0.3 is 0 Å². The highest BCUT2D eigenvalue weighted by atomic mass is 13.8. The summed E-state index contributed by atoms with van der Waals surface area (Å²) in [5.74, 6) is 0. The van der Waals surface area contributed by atoms with Crippen molar-refractivity contribution >= 4 is 46.4 Å². The predicted octanol–water partition coefficient (Wildman–Crippen LogP) is 2.25. The van der Waals surface area contributed by atoms with Gasteiger partial charge in [-0.25, -0.2) is 0 Å². The van der Waals surface area contributed by atoms with Gasteiger partial charge < -0.3 is 0 Å². The topological polar surface area (TPSA) is 0 Å². The maximum Gasteiger partial charge on any atom is 0 e. The fourth-order valence-electron chi connectivity index (χ4n) is 0.534. The summed E-state index contributed by atoms with van der Waals surface area (Å²) >= 11 is 0. The summed E-state index contributed by atoms with van der Waals surface area (Å²) in [5, 5.41) is 0. The number of benzene rings is 1. The monoisotopic (exact) mass is 222 g/mol. The largest absolute Gasteiger partial charge is 0.0776 e. The highest BCUT2D eigenvalue weighted by Gasteiger charge is 1.72. The summed E-state index contributed by atoms with van der Waals surface area (Å²) in [6.45, 7) is 2.08. The molecule has 0 unspecified atom stereocenters. The number of aryl methyl sites for hydroxylation is 1. The van der Waals surface area contributed by atoms with E-state index in [0.717, 1.165) is 7.06 Å². The first kappa shape index (κ1) is 43.8. The summed E-state index contributed by atoms with van der Waals surface area (Å²) in [7, 11) is 18.0. The Balaban J connectivity index is -0.0000000182. The molecule has 86 valence electrons. The van der Waals surface area contributed by atoms with E-state index < -0.39 is 0 Å². The molecule has 0 aliphatic heterocycles. The Morgan fingerprint density at radius 3 is 1.18 bits per heavy atom. The average molecular weight is 221 g/mol. The van der Waals surface area contributed by atoms with Gasteiger partial charge in [0.15, 0.2) is 0 Å². The lowest BCUT2D eigenvalue weighted by molar-refractivity contribution is 1.48. The van der Waals surface area contributed by atoms with Crippen molar-refractivity contribution in [1.29, 1.82) is 0 Å². The molecule has 12 radical (unpaired) electrons. The van der Waals surface area contributed by atoms with Crippen LogP contribution in [-0.4, -0.2) is 46.4 Å². The lowest BCUT2D eigenvalue weighted by Gasteiger charge is -1.82. The summed E-state index contributed by atoms with van der Waals surface area (Å²) in [6.07, 6.45) is 0. The SMILES string of the molecule is C.C.C.C.Cc1ccccc1.[B].[B][B].[B][B][B]. The Labute approximate surface area is 119 Å². The zero-order chi connectivity index (χ0) is 9.82. The zero-order valence-corrected chi connectivity index (χ0v) is 7.85. The van der Waals surface area contributed by atoms with Crippen LogP contribution in [0.25, 0.3) is 0 Å². The van der Waals surface area contributed by atoms with Crippen LogP contribution in [0.1, 0.15) is 35.3 Å². The van der Waals surface area contributed by atoms with Gasteiger partial charge in [0, 0.05) is 46.4 Å². The van der Waals surface area contributed by atoms with Crippen molar-refractivity contribution in [3.8, 4) is 0 Å². The Morgan fingerprint density at radius 1 is 0.824 bits per heavy atom.